The highest BCUT2D eigenvalue weighted by molar-refractivity contribution is 7.14. The summed E-state index contributed by atoms with van der Waals surface area (Å²) in [5, 5.41) is 4.18. The number of thiazole rings is 1. The third-order valence-corrected chi connectivity index (χ3v) is 5.45. The number of benzene rings is 1. The van der Waals surface area contributed by atoms with Gasteiger partial charge in [0.05, 0.1) is 29.0 Å². The van der Waals surface area contributed by atoms with Crippen LogP contribution in [0.1, 0.15) is 5.56 Å². The summed E-state index contributed by atoms with van der Waals surface area (Å²) in [7, 11) is 0. The van der Waals surface area contributed by atoms with Gasteiger partial charge in [-0.15, -0.1) is 22.7 Å². The Hall–Kier alpha value is -2.57. The van der Waals surface area contributed by atoms with Gasteiger partial charge in [0.2, 0.25) is 0 Å². The molecule has 4 rings (SSSR count). The van der Waals surface area contributed by atoms with Crippen molar-refractivity contribution in [2.24, 2.45) is 4.99 Å². The Morgan fingerprint density at radius 2 is 1.92 bits per heavy atom. The quantitative estimate of drug-likeness (QED) is 0.494. The maximum absolute atomic E-state index is 13.2. The molecule has 6 heteroatoms. The van der Waals surface area contributed by atoms with Crippen LogP contribution in [0.25, 0.3) is 10.6 Å². The second-order valence-electron chi connectivity index (χ2n) is 5.42. The molecule has 0 amide bonds. The molecule has 25 heavy (non-hydrogen) atoms. The monoisotopic (exact) mass is 367 g/mol. The summed E-state index contributed by atoms with van der Waals surface area (Å²) in [6, 6.07) is 14.5. The molecular formula is C19H14FN3S2. The van der Waals surface area contributed by atoms with E-state index in [0.717, 1.165) is 21.7 Å². The minimum Gasteiger partial charge on any atom is -0.311 e. The fourth-order valence-electron chi connectivity index (χ4n) is 2.50. The van der Waals surface area contributed by atoms with Gasteiger partial charge in [-0.2, -0.15) is 0 Å². The van der Waals surface area contributed by atoms with Crippen LogP contribution in [0.2, 0.25) is 0 Å². The van der Waals surface area contributed by atoms with E-state index in [1.807, 2.05) is 30.3 Å². The van der Waals surface area contributed by atoms with Crippen molar-refractivity contribution in [3.8, 4) is 10.6 Å². The number of pyridine rings is 1. The van der Waals surface area contributed by atoms with Gasteiger partial charge in [0.1, 0.15) is 5.82 Å². The van der Waals surface area contributed by atoms with E-state index in [1.165, 1.54) is 17.0 Å². The van der Waals surface area contributed by atoms with Crippen molar-refractivity contribution in [2.75, 3.05) is 0 Å². The van der Waals surface area contributed by atoms with E-state index in [1.54, 1.807) is 35.1 Å². The summed E-state index contributed by atoms with van der Waals surface area (Å²) in [6.07, 6.45) is 3.48. The summed E-state index contributed by atoms with van der Waals surface area (Å²) in [5.41, 5.74) is 2.96. The van der Waals surface area contributed by atoms with Crippen LogP contribution in [-0.2, 0) is 6.54 Å². The van der Waals surface area contributed by atoms with Crippen molar-refractivity contribution in [3.05, 3.63) is 87.9 Å². The summed E-state index contributed by atoms with van der Waals surface area (Å²) in [5.74, 6) is -0.224. The van der Waals surface area contributed by atoms with Crippen LogP contribution >= 0.6 is 22.7 Å². The molecule has 0 N–H and O–H groups in total. The molecule has 3 heterocycles. The van der Waals surface area contributed by atoms with Gasteiger partial charge in [0.25, 0.3) is 0 Å². The Balaban J connectivity index is 1.82. The van der Waals surface area contributed by atoms with E-state index in [-0.39, 0.29) is 5.82 Å². The maximum atomic E-state index is 13.2. The first kappa shape index (κ1) is 15.9. The normalized spacial score (nSPS) is 11.8. The minimum atomic E-state index is -0.224. The van der Waals surface area contributed by atoms with Crippen LogP contribution in [-0.4, -0.2) is 9.55 Å². The standard InChI is InChI=1S/C19H14FN3S2/c20-15-7-5-14(6-8-15)12-23-17(18-4-2-10-24-18)13-25-19(23)22-16-3-1-9-21-11-16/h1-11,13H,12H2. The average Bonchev–Trinajstić information content (AvgIpc) is 3.28. The van der Waals surface area contributed by atoms with E-state index in [4.69, 9.17) is 4.99 Å². The molecule has 4 aromatic rings. The zero-order valence-electron chi connectivity index (χ0n) is 13.2. The Morgan fingerprint density at radius 1 is 1.04 bits per heavy atom. The van der Waals surface area contributed by atoms with E-state index in [2.05, 4.69) is 26.4 Å². The number of hydrogen-bond acceptors (Lipinski definition) is 4. The van der Waals surface area contributed by atoms with Gasteiger partial charge in [0.15, 0.2) is 4.80 Å². The summed E-state index contributed by atoms with van der Waals surface area (Å²) in [4.78, 5) is 10.9. The number of aromatic nitrogens is 2. The van der Waals surface area contributed by atoms with E-state index in [9.17, 15) is 4.39 Å². The molecule has 124 valence electrons. The SMILES string of the molecule is Fc1ccc(Cn2c(-c3cccs3)csc2=Nc2cccnc2)cc1. The number of nitrogens with zero attached hydrogens (tertiary/aromatic N) is 3. The van der Waals surface area contributed by atoms with Crippen LogP contribution in [0.15, 0.2) is 76.7 Å². The van der Waals surface area contributed by atoms with Gasteiger partial charge in [-0.05, 0) is 41.3 Å². The highest BCUT2D eigenvalue weighted by Crippen LogP contribution is 2.26. The first-order chi connectivity index (χ1) is 12.3. The van der Waals surface area contributed by atoms with Crippen molar-refractivity contribution >= 4 is 28.4 Å². The molecule has 0 aliphatic carbocycles. The van der Waals surface area contributed by atoms with Crippen molar-refractivity contribution in [2.45, 2.75) is 6.54 Å². The first-order valence-corrected chi connectivity index (χ1v) is 9.47. The van der Waals surface area contributed by atoms with Gasteiger partial charge in [0, 0.05) is 11.6 Å². The van der Waals surface area contributed by atoms with Crippen LogP contribution in [0.3, 0.4) is 0 Å². The van der Waals surface area contributed by atoms with Crippen LogP contribution in [0.5, 0.6) is 0 Å². The molecule has 0 radical (unpaired) electrons. The first-order valence-electron chi connectivity index (χ1n) is 7.71. The van der Waals surface area contributed by atoms with Crippen molar-refractivity contribution in [1.82, 2.24) is 9.55 Å². The van der Waals surface area contributed by atoms with Crippen molar-refractivity contribution in [1.29, 1.82) is 0 Å². The largest absolute Gasteiger partial charge is 0.311 e. The smallest absolute Gasteiger partial charge is 0.190 e. The molecule has 0 spiro atoms. The van der Waals surface area contributed by atoms with Gasteiger partial charge < -0.3 is 4.57 Å². The molecule has 0 saturated heterocycles. The molecular weight excluding hydrogens is 353 g/mol. The molecule has 0 aliphatic rings. The van der Waals surface area contributed by atoms with Gasteiger partial charge >= 0.3 is 0 Å². The van der Waals surface area contributed by atoms with Gasteiger partial charge in [-0.3, -0.25) is 4.98 Å². The molecule has 0 atom stereocenters. The summed E-state index contributed by atoms with van der Waals surface area (Å²) in [6.45, 7) is 0.635. The molecule has 0 fully saturated rings. The predicted molar refractivity (Wildman–Crippen MR) is 101 cm³/mol. The fourth-order valence-corrected chi connectivity index (χ4v) is 4.24. The molecule has 3 nitrogen and oxygen atoms in total. The summed E-state index contributed by atoms with van der Waals surface area (Å²) < 4.78 is 15.4. The predicted octanol–water partition coefficient (Wildman–Crippen LogP) is 5.09. The van der Waals surface area contributed by atoms with Crippen molar-refractivity contribution in [3.63, 3.8) is 0 Å². The second-order valence-corrected chi connectivity index (χ2v) is 7.20. The molecule has 0 aliphatic heterocycles. The highest BCUT2D eigenvalue weighted by Gasteiger charge is 2.10. The Labute approximate surface area is 152 Å². The summed E-state index contributed by atoms with van der Waals surface area (Å²) >= 11 is 3.29. The number of thiophene rings is 1. The fraction of sp³-hybridized carbons (Fsp3) is 0.0526. The molecule has 0 unspecified atom stereocenters. The average molecular weight is 367 g/mol. The Kier molecular flexibility index (Phi) is 4.54. The number of hydrogen-bond donors (Lipinski definition) is 0. The number of halogens is 1. The lowest BCUT2D eigenvalue weighted by molar-refractivity contribution is 0.626. The van der Waals surface area contributed by atoms with Crippen LogP contribution < -0.4 is 4.80 Å². The topological polar surface area (TPSA) is 30.2 Å². The Bertz CT molecular complexity index is 1020. The highest BCUT2D eigenvalue weighted by atomic mass is 32.1. The van der Waals surface area contributed by atoms with Gasteiger partial charge in [-0.25, -0.2) is 9.38 Å². The van der Waals surface area contributed by atoms with Crippen LogP contribution in [0, 0.1) is 5.82 Å². The van der Waals surface area contributed by atoms with E-state index in [0.29, 0.717) is 6.54 Å². The van der Waals surface area contributed by atoms with Crippen LogP contribution in [0.4, 0.5) is 10.1 Å². The van der Waals surface area contributed by atoms with E-state index >= 15 is 0 Å². The third kappa shape index (κ3) is 3.60. The zero-order valence-corrected chi connectivity index (χ0v) is 14.8. The third-order valence-electron chi connectivity index (χ3n) is 3.70. The molecule has 1 aromatic carbocycles. The molecule has 3 aromatic heterocycles. The minimum absolute atomic E-state index is 0.224. The van der Waals surface area contributed by atoms with Crippen molar-refractivity contribution < 1.29 is 4.39 Å². The molecule has 0 bridgehead atoms. The Morgan fingerprint density at radius 3 is 2.64 bits per heavy atom. The lowest BCUT2D eigenvalue weighted by Gasteiger charge is -2.08. The maximum Gasteiger partial charge on any atom is 0.190 e. The molecule has 0 saturated carbocycles. The lowest BCUT2D eigenvalue weighted by atomic mass is 10.2. The lowest BCUT2D eigenvalue weighted by Crippen LogP contribution is -2.16. The zero-order chi connectivity index (χ0) is 17.1. The second kappa shape index (κ2) is 7.13. The number of rotatable bonds is 4. The van der Waals surface area contributed by atoms with Gasteiger partial charge in [-0.1, -0.05) is 18.2 Å². The van der Waals surface area contributed by atoms with E-state index < -0.39 is 0 Å².